The molecular weight excluding hydrogens is 330 g/mol. The van der Waals surface area contributed by atoms with Crippen molar-refractivity contribution in [2.75, 3.05) is 6.54 Å². The van der Waals surface area contributed by atoms with Crippen molar-refractivity contribution in [3.8, 4) is 0 Å². The third kappa shape index (κ3) is 4.11. The maximum atomic E-state index is 3.69. The molecule has 0 spiro atoms. The Labute approximate surface area is 134 Å². The summed E-state index contributed by atoms with van der Waals surface area (Å²) < 4.78 is 1.17. The predicted octanol–water partition coefficient (Wildman–Crippen LogP) is 5.58. The lowest BCUT2D eigenvalue weighted by Gasteiger charge is -2.15. The minimum absolute atomic E-state index is 0.368. The second kappa shape index (κ2) is 7.30. The van der Waals surface area contributed by atoms with Crippen LogP contribution in [0, 0.1) is 6.92 Å². The molecule has 0 saturated carbocycles. The zero-order chi connectivity index (χ0) is 14.5. The summed E-state index contributed by atoms with van der Waals surface area (Å²) in [6.07, 6.45) is 0. The van der Waals surface area contributed by atoms with E-state index in [1.165, 1.54) is 25.4 Å². The smallest absolute Gasteiger partial charge is 0.0302 e. The van der Waals surface area contributed by atoms with E-state index in [0.29, 0.717) is 6.04 Å². The van der Waals surface area contributed by atoms with E-state index in [1.54, 1.807) is 11.8 Å². The van der Waals surface area contributed by atoms with Gasteiger partial charge in [-0.3, -0.25) is 0 Å². The van der Waals surface area contributed by atoms with E-state index < -0.39 is 0 Å². The van der Waals surface area contributed by atoms with Crippen molar-refractivity contribution in [1.29, 1.82) is 0 Å². The number of hydrogen-bond donors (Lipinski definition) is 1. The van der Waals surface area contributed by atoms with Crippen LogP contribution in [0.3, 0.4) is 0 Å². The van der Waals surface area contributed by atoms with E-state index in [9.17, 15) is 0 Å². The summed E-state index contributed by atoms with van der Waals surface area (Å²) in [5.41, 5.74) is 2.60. The first-order chi connectivity index (χ1) is 9.60. The van der Waals surface area contributed by atoms with Gasteiger partial charge >= 0.3 is 0 Å². The highest BCUT2D eigenvalue weighted by molar-refractivity contribution is 9.10. The number of benzene rings is 2. The highest BCUT2D eigenvalue weighted by Crippen LogP contribution is 2.33. The van der Waals surface area contributed by atoms with E-state index >= 15 is 0 Å². The Balaban J connectivity index is 2.17. The fraction of sp³-hybridized carbons (Fsp3) is 0.294. The zero-order valence-corrected chi connectivity index (χ0v) is 14.5. The molecule has 0 radical (unpaired) electrons. The molecule has 20 heavy (non-hydrogen) atoms. The van der Waals surface area contributed by atoms with Crippen molar-refractivity contribution < 1.29 is 0 Å². The van der Waals surface area contributed by atoms with Crippen LogP contribution < -0.4 is 5.32 Å². The molecule has 1 unspecified atom stereocenters. The second-order valence-electron chi connectivity index (χ2n) is 4.88. The monoisotopic (exact) mass is 349 g/mol. The van der Waals surface area contributed by atoms with E-state index in [0.717, 1.165) is 6.54 Å². The molecule has 0 fully saturated rings. The molecule has 0 heterocycles. The summed E-state index contributed by atoms with van der Waals surface area (Å²) in [4.78, 5) is 2.54. The molecule has 2 rings (SSSR count). The van der Waals surface area contributed by atoms with Crippen LogP contribution in [0.5, 0.6) is 0 Å². The lowest BCUT2D eigenvalue weighted by Crippen LogP contribution is -2.17. The van der Waals surface area contributed by atoms with Gasteiger partial charge in [0, 0.05) is 20.3 Å². The molecule has 1 atom stereocenters. The van der Waals surface area contributed by atoms with E-state index in [4.69, 9.17) is 0 Å². The Bertz CT molecular complexity index is 583. The fourth-order valence-electron chi connectivity index (χ4n) is 2.15. The van der Waals surface area contributed by atoms with Gasteiger partial charge in [-0.05, 0) is 50.2 Å². The Morgan fingerprint density at radius 1 is 1.15 bits per heavy atom. The minimum atomic E-state index is 0.368. The van der Waals surface area contributed by atoms with Gasteiger partial charge in [0.05, 0.1) is 0 Å². The first-order valence-corrected chi connectivity index (χ1v) is 8.48. The molecule has 0 aliphatic carbocycles. The summed E-state index contributed by atoms with van der Waals surface area (Å²) >= 11 is 5.49. The van der Waals surface area contributed by atoms with Gasteiger partial charge < -0.3 is 5.32 Å². The molecule has 0 aromatic heterocycles. The maximum absolute atomic E-state index is 3.69. The molecule has 3 heteroatoms. The number of aryl methyl sites for hydroxylation is 1. The standard InChI is InChI=1S/C17H20BrNS/c1-4-19-13(3)16-9-8-15(11-17(16)18)20-14-7-5-6-12(2)10-14/h5-11,13,19H,4H2,1-3H3. The lowest BCUT2D eigenvalue weighted by molar-refractivity contribution is 0.595. The molecule has 2 aromatic rings. The maximum Gasteiger partial charge on any atom is 0.0302 e. The van der Waals surface area contributed by atoms with Crippen LogP contribution >= 0.6 is 27.7 Å². The Hall–Kier alpha value is -0.770. The highest BCUT2D eigenvalue weighted by Gasteiger charge is 2.09. The minimum Gasteiger partial charge on any atom is -0.310 e. The summed E-state index contributed by atoms with van der Waals surface area (Å²) in [6, 6.07) is 15.6. The number of hydrogen-bond acceptors (Lipinski definition) is 2. The highest BCUT2D eigenvalue weighted by atomic mass is 79.9. The lowest BCUT2D eigenvalue weighted by atomic mass is 10.1. The normalized spacial score (nSPS) is 12.4. The molecule has 0 aliphatic rings. The molecule has 1 N–H and O–H groups in total. The Morgan fingerprint density at radius 3 is 2.55 bits per heavy atom. The molecular formula is C17H20BrNS. The van der Waals surface area contributed by atoms with Crippen molar-refractivity contribution in [1.82, 2.24) is 5.32 Å². The zero-order valence-electron chi connectivity index (χ0n) is 12.1. The predicted molar refractivity (Wildman–Crippen MR) is 91.5 cm³/mol. The third-order valence-corrected chi connectivity index (χ3v) is 4.84. The summed E-state index contributed by atoms with van der Waals surface area (Å²) in [5.74, 6) is 0. The largest absolute Gasteiger partial charge is 0.310 e. The first-order valence-electron chi connectivity index (χ1n) is 6.87. The van der Waals surface area contributed by atoms with E-state index in [2.05, 4.69) is 84.5 Å². The summed E-state index contributed by atoms with van der Waals surface area (Å²) in [7, 11) is 0. The van der Waals surface area contributed by atoms with Crippen LogP contribution in [-0.4, -0.2) is 6.54 Å². The van der Waals surface area contributed by atoms with Gasteiger partial charge in [-0.1, -0.05) is 58.4 Å². The van der Waals surface area contributed by atoms with Gasteiger partial charge in [-0.15, -0.1) is 0 Å². The Kier molecular flexibility index (Phi) is 5.70. The van der Waals surface area contributed by atoms with Gasteiger partial charge in [-0.25, -0.2) is 0 Å². The number of halogens is 1. The van der Waals surface area contributed by atoms with Crippen molar-refractivity contribution >= 4 is 27.7 Å². The van der Waals surface area contributed by atoms with E-state index in [1.807, 2.05) is 0 Å². The second-order valence-corrected chi connectivity index (χ2v) is 6.88. The van der Waals surface area contributed by atoms with Gasteiger partial charge in [0.2, 0.25) is 0 Å². The van der Waals surface area contributed by atoms with Crippen LogP contribution in [0.15, 0.2) is 56.7 Å². The topological polar surface area (TPSA) is 12.0 Å². The van der Waals surface area contributed by atoms with Crippen LogP contribution in [-0.2, 0) is 0 Å². The first kappa shape index (κ1) is 15.6. The summed E-state index contributed by atoms with van der Waals surface area (Å²) in [5, 5.41) is 3.44. The van der Waals surface area contributed by atoms with Crippen LogP contribution in [0.25, 0.3) is 0 Å². The van der Waals surface area contributed by atoms with Gasteiger partial charge in [0.15, 0.2) is 0 Å². The SMILES string of the molecule is CCNC(C)c1ccc(Sc2cccc(C)c2)cc1Br. The molecule has 0 amide bonds. The third-order valence-electron chi connectivity index (χ3n) is 3.17. The van der Waals surface area contributed by atoms with Crippen LogP contribution in [0.1, 0.15) is 31.0 Å². The molecule has 1 nitrogen and oxygen atoms in total. The van der Waals surface area contributed by atoms with Crippen molar-refractivity contribution in [3.05, 3.63) is 58.1 Å². The molecule has 0 bridgehead atoms. The van der Waals surface area contributed by atoms with Gasteiger partial charge in [-0.2, -0.15) is 0 Å². The van der Waals surface area contributed by atoms with Crippen molar-refractivity contribution in [2.45, 2.75) is 36.6 Å². The Morgan fingerprint density at radius 2 is 1.90 bits per heavy atom. The molecule has 2 aromatic carbocycles. The van der Waals surface area contributed by atoms with Gasteiger partial charge in [0.1, 0.15) is 0 Å². The number of nitrogens with one attached hydrogen (secondary N) is 1. The fourth-order valence-corrected chi connectivity index (χ4v) is 4.00. The average molecular weight is 350 g/mol. The molecule has 0 aliphatic heterocycles. The van der Waals surface area contributed by atoms with Gasteiger partial charge in [0.25, 0.3) is 0 Å². The molecule has 0 saturated heterocycles. The summed E-state index contributed by atoms with van der Waals surface area (Å²) in [6.45, 7) is 7.43. The van der Waals surface area contributed by atoms with Crippen LogP contribution in [0.4, 0.5) is 0 Å². The quantitative estimate of drug-likeness (QED) is 0.756. The molecule has 106 valence electrons. The van der Waals surface area contributed by atoms with Crippen molar-refractivity contribution in [3.63, 3.8) is 0 Å². The van der Waals surface area contributed by atoms with Crippen LogP contribution in [0.2, 0.25) is 0 Å². The average Bonchev–Trinajstić information content (AvgIpc) is 2.39. The number of rotatable bonds is 5. The van der Waals surface area contributed by atoms with Crippen molar-refractivity contribution in [2.24, 2.45) is 0 Å². The van der Waals surface area contributed by atoms with E-state index in [-0.39, 0.29) is 0 Å².